The minimum absolute atomic E-state index is 0.0620. The SMILES string of the molecule is C=CCc1cc(/C=C2/SC(=S)N(c3cccc(C(=O)O)c3)C2=O)cc(OCC)c1[O-]. The summed E-state index contributed by atoms with van der Waals surface area (Å²) in [6, 6.07) is 9.32. The van der Waals surface area contributed by atoms with Gasteiger partial charge in [-0.15, -0.1) is 6.58 Å². The molecule has 1 aliphatic rings. The number of benzene rings is 2. The van der Waals surface area contributed by atoms with Crippen molar-refractivity contribution in [3.63, 3.8) is 0 Å². The summed E-state index contributed by atoms with van der Waals surface area (Å²) in [5.41, 5.74) is 1.60. The number of thioether (sulfide) groups is 1. The van der Waals surface area contributed by atoms with Crippen LogP contribution in [0.15, 0.2) is 54.0 Å². The monoisotopic (exact) mass is 440 g/mol. The lowest BCUT2D eigenvalue weighted by atomic mass is 10.0. The summed E-state index contributed by atoms with van der Waals surface area (Å²) >= 11 is 6.46. The number of hydrogen-bond acceptors (Lipinski definition) is 6. The predicted molar refractivity (Wildman–Crippen MR) is 120 cm³/mol. The minimum Gasteiger partial charge on any atom is -0.870 e. The fourth-order valence-corrected chi connectivity index (χ4v) is 4.26. The van der Waals surface area contributed by atoms with Gasteiger partial charge in [-0.25, -0.2) is 4.79 Å². The molecule has 0 bridgehead atoms. The molecule has 0 radical (unpaired) electrons. The third-order valence-corrected chi connectivity index (χ3v) is 5.56. The molecular weight excluding hydrogens is 422 g/mol. The largest absolute Gasteiger partial charge is 0.870 e. The molecule has 0 saturated carbocycles. The summed E-state index contributed by atoms with van der Waals surface area (Å²) in [7, 11) is 0. The average Bonchev–Trinajstić information content (AvgIpc) is 2.99. The van der Waals surface area contributed by atoms with Gasteiger partial charge in [0.2, 0.25) is 0 Å². The van der Waals surface area contributed by atoms with Crippen LogP contribution in [-0.4, -0.2) is 27.9 Å². The van der Waals surface area contributed by atoms with Crippen molar-refractivity contribution < 1.29 is 24.5 Å². The predicted octanol–water partition coefficient (Wildman–Crippen LogP) is 3.99. The maximum Gasteiger partial charge on any atom is 0.335 e. The Hall–Kier alpha value is -3.10. The van der Waals surface area contributed by atoms with Gasteiger partial charge in [0.05, 0.1) is 22.8 Å². The number of nitrogens with zero attached hydrogens (tertiary/aromatic N) is 1. The van der Waals surface area contributed by atoms with E-state index in [2.05, 4.69) is 6.58 Å². The van der Waals surface area contributed by atoms with E-state index >= 15 is 0 Å². The number of anilines is 1. The van der Waals surface area contributed by atoms with Crippen molar-refractivity contribution in [1.29, 1.82) is 0 Å². The second-order valence-corrected chi connectivity index (χ2v) is 7.98. The number of rotatable bonds is 7. The summed E-state index contributed by atoms with van der Waals surface area (Å²) in [5, 5.41) is 21.6. The fraction of sp³-hybridized carbons (Fsp3) is 0.136. The summed E-state index contributed by atoms with van der Waals surface area (Å²) in [6.07, 6.45) is 3.66. The Labute approximate surface area is 183 Å². The molecule has 1 saturated heterocycles. The van der Waals surface area contributed by atoms with E-state index in [4.69, 9.17) is 17.0 Å². The Balaban J connectivity index is 1.98. The number of aromatic carboxylic acids is 1. The number of ether oxygens (including phenoxy) is 1. The van der Waals surface area contributed by atoms with E-state index in [-0.39, 0.29) is 23.0 Å². The molecule has 1 heterocycles. The summed E-state index contributed by atoms with van der Waals surface area (Å²) in [4.78, 5) is 25.9. The average molecular weight is 441 g/mol. The Morgan fingerprint density at radius 2 is 2.13 bits per heavy atom. The van der Waals surface area contributed by atoms with Gasteiger partial charge in [0.15, 0.2) is 4.32 Å². The zero-order chi connectivity index (χ0) is 21.8. The van der Waals surface area contributed by atoms with Crippen molar-refractivity contribution in [3.05, 3.63) is 70.6 Å². The first-order chi connectivity index (χ1) is 14.3. The number of thiocarbonyl (C=S) groups is 1. The van der Waals surface area contributed by atoms with Crippen LogP contribution in [0.1, 0.15) is 28.4 Å². The highest BCUT2D eigenvalue weighted by Gasteiger charge is 2.33. The van der Waals surface area contributed by atoms with Crippen molar-refractivity contribution in [1.82, 2.24) is 0 Å². The lowest BCUT2D eigenvalue weighted by molar-refractivity contribution is -0.271. The lowest BCUT2D eigenvalue weighted by Gasteiger charge is -2.19. The van der Waals surface area contributed by atoms with Gasteiger partial charge in [0.25, 0.3) is 5.91 Å². The van der Waals surface area contributed by atoms with Crippen LogP contribution in [0.2, 0.25) is 0 Å². The molecule has 1 amide bonds. The van der Waals surface area contributed by atoms with Crippen molar-refractivity contribution in [2.45, 2.75) is 13.3 Å². The molecule has 3 rings (SSSR count). The van der Waals surface area contributed by atoms with Crippen LogP contribution >= 0.6 is 24.0 Å². The molecule has 2 aromatic carbocycles. The van der Waals surface area contributed by atoms with Gasteiger partial charge < -0.3 is 14.9 Å². The molecule has 154 valence electrons. The van der Waals surface area contributed by atoms with Gasteiger partial charge in [-0.3, -0.25) is 9.69 Å². The summed E-state index contributed by atoms with van der Waals surface area (Å²) in [6.45, 7) is 5.80. The Kier molecular flexibility index (Phi) is 6.59. The molecule has 2 aromatic rings. The highest BCUT2D eigenvalue weighted by molar-refractivity contribution is 8.27. The topological polar surface area (TPSA) is 89.9 Å². The molecule has 0 aromatic heterocycles. The van der Waals surface area contributed by atoms with Gasteiger partial charge in [-0.1, -0.05) is 47.9 Å². The van der Waals surface area contributed by atoms with Gasteiger partial charge in [0.1, 0.15) is 5.75 Å². The van der Waals surface area contributed by atoms with Crippen LogP contribution in [0.25, 0.3) is 6.08 Å². The summed E-state index contributed by atoms with van der Waals surface area (Å²) < 4.78 is 5.74. The molecule has 0 spiro atoms. The maximum atomic E-state index is 13.0. The lowest BCUT2D eigenvalue weighted by Crippen LogP contribution is -2.27. The van der Waals surface area contributed by atoms with E-state index in [0.29, 0.717) is 39.1 Å². The molecule has 0 atom stereocenters. The van der Waals surface area contributed by atoms with Gasteiger partial charge >= 0.3 is 5.97 Å². The Morgan fingerprint density at radius 3 is 2.80 bits per heavy atom. The number of carbonyl (C=O) groups is 2. The maximum absolute atomic E-state index is 13.0. The van der Waals surface area contributed by atoms with E-state index in [0.717, 1.165) is 11.8 Å². The second-order valence-electron chi connectivity index (χ2n) is 6.31. The van der Waals surface area contributed by atoms with Crippen molar-refractivity contribution in [2.75, 3.05) is 11.5 Å². The van der Waals surface area contributed by atoms with Gasteiger partial charge in [0, 0.05) is 0 Å². The van der Waals surface area contributed by atoms with Gasteiger partial charge in [-0.2, -0.15) is 0 Å². The number of carboxylic acids is 1. The van der Waals surface area contributed by atoms with E-state index in [1.165, 1.54) is 17.0 Å². The molecule has 1 aliphatic heterocycles. The van der Waals surface area contributed by atoms with E-state index in [1.807, 2.05) is 0 Å². The molecule has 0 unspecified atom stereocenters. The first-order valence-electron chi connectivity index (χ1n) is 9.04. The highest BCUT2D eigenvalue weighted by atomic mass is 32.2. The third kappa shape index (κ3) is 4.39. The van der Waals surface area contributed by atoms with Crippen LogP contribution < -0.4 is 14.7 Å². The van der Waals surface area contributed by atoms with Crippen LogP contribution in [0.3, 0.4) is 0 Å². The van der Waals surface area contributed by atoms with Crippen LogP contribution in [0.5, 0.6) is 11.5 Å². The molecule has 30 heavy (non-hydrogen) atoms. The summed E-state index contributed by atoms with van der Waals surface area (Å²) in [5.74, 6) is -1.43. The molecular formula is C22H18NO5S2-. The molecule has 0 aliphatic carbocycles. The van der Waals surface area contributed by atoms with Crippen molar-refractivity contribution >= 4 is 51.9 Å². The molecule has 8 heteroatoms. The van der Waals surface area contributed by atoms with Gasteiger partial charge in [-0.05, 0) is 54.8 Å². The Morgan fingerprint density at radius 1 is 1.37 bits per heavy atom. The smallest absolute Gasteiger partial charge is 0.335 e. The Bertz CT molecular complexity index is 1080. The van der Waals surface area contributed by atoms with Crippen LogP contribution in [0, 0.1) is 0 Å². The molecule has 1 fully saturated rings. The van der Waals surface area contributed by atoms with Crippen LogP contribution in [-0.2, 0) is 11.2 Å². The second kappa shape index (κ2) is 9.15. The van der Waals surface area contributed by atoms with E-state index < -0.39 is 5.97 Å². The van der Waals surface area contributed by atoms with Crippen LogP contribution in [0.4, 0.5) is 5.69 Å². The third-order valence-electron chi connectivity index (χ3n) is 4.26. The highest BCUT2D eigenvalue weighted by Crippen LogP contribution is 2.38. The molecule has 6 nitrogen and oxygen atoms in total. The minimum atomic E-state index is -1.09. The van der Waals surface area contributed by atoms with Crippen molar-refractivity contribution in [3.8, 4) is 11.5 Å². The zero-order valence-electron chi connectivity index (χ0n) is 16.1. The number of carbonyl (C=O) groups excluding carboxylic acids is 1. The van der Waals surface area contributed by atoms with E-state index in [9.17, 15) is 19.8 Å². The number of hydrogen-bond donors (Lipinski definition) is 1. The van der Waals surface area contributed by atoms with E-state index in [1.54, 1.807) is 43.3 Å². The first-order valence-corrected chi connectivity index (χ1v) is 10.3. The first kappa shape index (κ1) is 21.6. The molecule has 1 N–H and O–H groups in total. The quantitative estimate of drug-likeness (QED) is 0.395. The van der Waals surface area contributed by atoms with Crippen molar-refractivity contribution in [2.24, 2.45) is 0 Å². The number of amides is 1. The normalized spacial score (nSPS) is 15.0. The number of carboxylic acid groups (broad SMARTS) is 1. The number of allylic oxidation sites excluding steroid dienone is 1. The fourth-order valence-electron chi connectivity index (χ4n) is 2.96. The standard InChI is InChI=1S/C22H19NO5S2/c1-3-6-14-9-13(10-17(19(14)24)28-4-2)11-18-20(25)23(22(29)30-18)16-8-5-7-15(12-16)21(26)27/h3,5,7-12,24H,1,4,6H2,2H3,(H,26,27)/p-1/b18-11+. The zero-order valence-corrected chi connectivity index (χ0v) is 17.7.